The van der Waals surface area contributed by atoms with Crippen molar-refractivity contribution in [1.29, 1.82) is 0 Å². The number of hydrogen-bond donors (Lipinski definition) is 1. The van der Waals surface area contributed by atoms with Crippen LogP contribution in [0.4, 0.5) is 0 Å². The summed E-state index contributed by atoms with van der Waals surface area (Å²) < 4.78 is 16.9. The molecule has 0 aliphatic carbocycles. The first-order chi connectivity index (χ1) is 11.0. The SMILES string of the molecule is CCC(CCCOc1ccc(C(=O)O)cc1)OCC1(C)COC1. The van der Waals surface area contributed by atoms with E-state index in [0.29, 0.717) is 12.4 Å². The van der Waals surface area contributed by atoms with E-state index in [1.54, 1.807) is 24.3 Å². The van der Waals surface area contributed by atoms with E-state index in [1.807, 2.05) is 0 Å². The average Bonchev–Trinajstić information content (AvgIpc) is 2.52. The lowest BCUT2D eigenvalue weighted by Crippen LogP contribution is -2.44. The van der Waals surface area contributed by atoms with Gasteiger partial charge in [-0.1, -0.05) is 13.8 Å². The van der Waals surface area contributed by atoms with E-state index in [2.05, 4.69) is 13.8 Å². The molecule has 1 saturated heterocycles. The molecule has 1 N–H and O–H groups in total. The minimum atomic E-state index is -0.926. The number of benzene rings is 1. The minimum Gasteiger partial charge on any atom is -0.494 e. The van der Waals surface area contributed by atoms with Gasteiger partial charge in [0.1, 0.15) is 5.75 Å². The molecule has 0 aromatic heterocycles. The monoisotopic (exact) mass is 322 g/mol. The predicted molar refractivity (Wildman–Crippen MR) is 87.1 cm³/mol. The van der Waals surface area contributed by atoms with Crippen LogP contribution in [0, 0.1) is 5.41 Å². The quantitative estimate of drug-likeness (QED) is 0.669. The van der Waals surface area contributed by atoms with E-state index >= 15 is 0 Å². The second kappa shape index (κ2) is 8.31. The lowest BCUT2D eigenvalue weighted by Gasteiger charge is -2.38. The zero-order valence-electron chi connectivity index (χ0n) is 13.9. The van der Waals surface area contributed by atoms with Crippen LogP contribution in [0.5, 0.6) is 5.75 Å². The summed E-state index contributed by atoms with van der Waals surface area (Å²) in [6, 6.07) is 6.48. The molecular weight excluding hydrogens is 296 g/mol. The summed E-state index contributed by atoms with van der Waals surface area (Å²) in [4.78, 5) is 10.8. The Morgan fingerprint density at radius 3 is 2.57 bits per heavy atom. The van der Waals surface area contributed by atoms with Crippen molar-refractivity contribution >= 4 is 5.97 Å². The third-order valence-corrected chi connectivity index (χ3v) is 4.06. The zero-order chi connectivity index (χ0) is 16.7. The fraction of sp³-hybridized carbons (Fsp3) is 0.611. The number of hydrogen-bond acceptors (Lipinski definition) is 4. The molecule has 0 saturated carbocycles. The van der Waals surface area contributed by atoms with Gasteiger partial charge in [0, 0.05) is 5.41 Å². The van der Waals surface area contributed by atoms with Gasteiger partial charge in [-0.3, -0.25) is 0 Å². The Kier molecular flexibility index (Phi) is 6.42. The molecule has 1 aliphatic rings. The van der Waals surface area contributed by atoms with E-state index in [9.17, 15) is 4.79 Å². The van der Waals surface area contributed by atoms with Gasteiger partial charge in [-0.15, -0.1) is 0 Å². The fourth-order valence-electron chi connectivity index (χ4n) is 2.45. The van der Waals surface area contributed by atoms with Crippen LogP contribution in [0.1, 0.15) is 43.5 Å². The largest absolute Gasteiger partial charge is 0.494 e. The van der Waals surface area contributed by atoms with Gasteiger partial charge < -0.3 is 19.3 Å². The van der Waals surface area contributed by atoms with Crippen LogP contribution in [-0.4, -0.2) is 43.6 Å². The molecule has 1 unspecified atom stereocenters. The zero-order valence-corrected chi connectivity index (χ0v) is 13.9. The minimum absolute atomic E-state index is 0.190. The Balaban J connectivity index is 1.63. The molecule has 5 nitrogen and oxygen atoms in total. The number of carboxylic acid groups (broad SMARTS) is 1. The smallest absolute Gasteiger partial charge is 0.335 e. The molecule has 0 spiro atoms. The van der Waals surface area contributed by atoms with Crippen molar-refractivity contribution < 1.29 is 24.1 Å². The van der Waals surface area contributed by atoms with Crippen LogP contribution in [0.2, 0.25) is 0 Å². The molecule has 1 fully saturated rings. The molecule has 0 amide bonds. The molecule has 128 valence electrons. The molecule has 0 bridgehead atoms. The Hall–Kier alpha value is -1.59. The second-order valence-electron chi connectivity index (χ2n) is 6.46. The van der Waals surface area contributed by atoms with E-state index in [4.69, 9.17) is 19.3 Å². The van der Waals surface area contributed by atoms with E-state index in [0.717, 1.165) is 39.1 Å². The molecule has 1 aliphatic heterocycles. The Morgan fingerprint density at radius 1 is 1.35 bits per heavy atom. The molecule has 1 atom stereocenters. The maximum Gasteiger partial charge on any atom is 0.335 e. The summed E-state index contributed by atoms with van der Waals surface area (Å²) in [6.07, 6.45) is 3.11. The van der Waals surface area contributed by atoms with Crippen molar-refractivity contribution in [3.63, 3.8) is 0 Å². The van der Waals surface area contributed by atoms with Gasteiger partial charge >= 0.3 is 5.97 Å². The molecule has 1 aromatic carbocycles. The van der Waals surface area contributed by atoms with Gasteiger partial charge in [-0.25, -0.2) is 4.79 Å². The Bertz CT molecular complexity index is 493. The van der Waals surface area contributed by atoms with Crippen molar-refractivity contribution in [2.45, 2.75) is 39.2 Å². The Labute approximate surface area is 137 Å². The summed E-state index contributed by atoms with van der Waals surface area (Å²) in [6.45, 7) is 7.26. The first kappa shape index (κ1) is 17.8. The van der Waals surface area contributed by atoms with Crippen molar-refractivity contribution in [3.05, 3.63) is 29.8 Å². The van der Waals surface area contributed by atoms with Crippen LogP contribution in [0.25, 0.3) is 0 Å². The lowest BCUT2D eigenvalue weighted by molar-refractivity contribution is -0.150. The maximum absolute atomic E-state index is 10.8. The molecule has 2 rings (SSSR count). The van der Waals surface area contributed by atoms with Crippen molar-refractivity contribution in [3.8, 4) is 5.75 Å². The first-order valence-corrected chi connectivity index (χ1v) is 8.18. The highest BCUT2D eigenvalue weighted by molar-refractivity contribution is 5.87. The summed E-state index contributed by atoms with van der Waals surface area (Å²) in [7, 11) is 0. The average molecular weight is 322 g/mol. The van der Waals surface area contributed by atoms with Crippen LogP contribution < -0.4 is 4.74 Å². The predicted octanol–water partition coefficient (Wildman–Crippen LogP) is 3.38. The number of carboxylic acids is 1. The Morgan fingerprint density at radius 2 is 2.04 bits per heavy atom. The van der Waals surface area contributed by atoms with Crippen LogP contribution >= 0.6 is 0 Å². The topological polar surface area (TPSA) is 65.0 Å². The van der Waals surface area contributed by atoms with E-state index in [1.165, 1.54) is 0 Å². The highest BCUT2D eigenvalue weighted by Gasteiger charge is 2.34. The second-order valence-corrected chi connectivity index (χ2v) is 6.46. The summed E-state index contributed by atoms with van der Waals surface area (Å²) in [5, 5.41) is 8.85. The normalized spacial score (nSPS) is 17.3. The van der Waals surface area contributed by atoms with Crippen LogP contribution in [0.15, 0.2) is 24.3 Å². The lowest BCUT2D eigenvalue weighted by atomic mass is 9.90. The molecule has 1 aromatic rings. The summed E-state index contributed by atoms with van der Waals surface area (Å²) in [5.41, 5.74) is 0.459. The maximum atomic E-state index is 10.8. The van der Waals surface area contributed by atoms with Gasteiger partial charge in [0.15, 0.2) is 0 Å². The molecule has 23 heavy (non-hydrogen) atoms. The number of aromatic carboxylic acids is 1. The highest BCUT2D eigenvalue weighted by Crippen LogP contribution is 2.27. The van der Waals surface area contributed by atoms with Crippen molar-refractivity contribution in [1.82, 2.24) is 0 Å². The van der Waals surface area contributed by atoms with Crippen molar-refractivity contribution in [2.24, 2.45) is 5.41 Å². The van der Waals surface area contributed by atoms with Gasteiger partial charge in [0.25, 0.3) is 0 Å². The third kappa shape index (κ3) is 5.52. The number of rotatable bonds is 10. The standard InChI is InChI=1S/C18H26O5/c1-3-15(23-13-18(2)11-21-12-18)5-4-10-22-16-8-6-14(7-9-16)17(19)20/h6-9,15H,3-5,10-13H2,1-2H3,(H,19,20). The van der Waals surface area contributed by atoms with Gasteiger partial charge in [0.2, 0.25) is 0 Å². The first-order valence-electron chi connectivity index (χ1n) is 8.18. The van der Waals surface area contributed by atoms with Crippen LogP contribution in [-0.2, 0) is 9.47 Å². The van der Waals surface area contributed by atoms with E-state index < -0.39 is 5.97 Å². The fourth-order valence-corrected chi connectivity index (χ4v) is 2.45. The van der Waals surface area contributed by atoms with Gasteiger partial charge in [0.05, 0.1) is 38.1 Å². The van der Waals surface area contributed by atoms with Gasteiger partial charge in [-0.2, -0.15) is 0 Å². The highest BCUT2D eigenvalue weighted by atomic mass is 16.5. The summed E-state index contributed by atoms with van der Waals surface area (Å²) in [5.74, 6) is -0.229. The molecular formula is C18H26O5. The van der Waals surface area contributed by atoms with Crippen molar-refractivity contribution in [2.75, 3.05) is 26.4 Å². The van der Waals surface area contributed by atoms with E-state index in [-0.39, 0.29) is 17.1 Å². The van der Waals surface area contributed by atoms with Crippen LogP contribution in [0.3, 0.4) is 0 Å². The number of carbonyl (C=O) groups is 1. The third-order valence-electron chi connectivity index (χ3n) is 4.06. The molecule has 5 heteroatoms. The molecule has 0 radical (unpaired) electrons. The van der Waals surface area contributed by atoms with Gasteiger partial charge in [-0.05, 0) is 43.5 Å². The summed E-state index contributed by atoms with van der Waals surface area (Å²) >= 11 is 0. The number of ether oxygens (including phenoxy) is 3. The molecule has 1 heterocycles.